The summed E-state index contributed by atoms with van der Waals surface area (Å²) in [6.45, 7) is 20.5. The first-order valence-electron chi connectivity index (χ1n) is 18.3. The number of likely N-dealkylation sites (tertiary alicyclic amines) is 1. The lowest BCUT2D eigenvalue weighted by Crippen LogP contribution is -2.61. The number of amides is 3. The van der Waals surface area contributed by atoms with Crippen LogP contribution in [-0.2, 0) is 28.7 Å². The molecule has 0 saturated carbocycles. The SMILES string of the molecule is C=CCCC(=O)N[C@H](C)[C@@H](OC(=O)[C@H]1[C@@H]2O[C@@]3(CC2Br)[C@@H]1C(=O)N(CCCCCO)[C@@H]3C(=O)N(CC=C)C(C)(C)CC(C)(C)C)c1ccccc1. The van der Waals surface area contributed by atoms with Crippen LogP contribution in [0.4, 0.5) is 0 Å². The first kappa shape index (κ1) is 40.7. The smallest absolute Gasteiger partial charge is 0.313 e. The summed E-state index contributed by atoms with van der Waals surface area (Å²) in [6.07, 6.45) is 5.55. The molecule has 1 aromatic rings. The Bertz CT molecular complexity index is 1430. The molecule has 0 aliphatic carbocycles. The fourth-order valence-electron chi connectivity index (χ4n) is 8.73. The molecule has 1 unspecified atom stereocenters. The number of ether oxygens (including phenoxy) is 2. The van der Waals surface area contributed by atoms with Crippen molar-refractivity contribution in [1.29, 1.82) is 0 Å². The van der Waals surface area contributed by atoms with Crippen molar-refractivity contribution in [3.05, 3.63) is 61.2 Å². The summed E-state index contributed by atoms with van der Waals surface area (Å²) < 4.78 is 13.1. The lowest BCUT2D eigenvalue weighted by atomic mass is 9.70. The molecule has 3 aliphatic rings. The molecule has 2 bridgehead atoms. The molecular formula is C40H58BrN3O7. The van der Waals surface area contributed by atoms with Crippen molar-refractivity contribution in [1.82, 2.24) is 15.1 Å². The third-order valence-electron chi connectivity index (χ3n) is 10.4. The Kier molecular flexibility index (Phi) is 13.4. The highest BCUT2D eigenvalue weighted by molar-refractivity contribution is 9.09. The van der Waals surface area contributed by atoms with Crippen LogP contribution in [0, 0.1) is 17.3 Å². The summed E-state index contributed by atoms with van der Waals surface area (Å²) in [5.41, 5.74) is -1.22. The van der Waals surface area contributed by atoms with E-state index in [0.29, 0.717) is 44.1 Å². The van der Waals surface area contributed by atoms with Crippen LogP contribution in [0.25, 0.3) is 0 Å². The summed E-state index contributed by atoms with van der Waals surface area (Å²) >= 11 is 3.77. The van der Waals surface area contributed by atoms with Crippen LogP contribution in [0.5, 0.6) is 0 Å². The molecule has 3 heterocycles. The standard InChI is InChI=1S/C40H58BrN3O7/c1-9-11-20-29(46)42-26(3)32(27-18-14-12-15-19-27)50-37(49)30-31-35(47)43(22-16-13-17-23-45)34(40(31)24-28(41)33(30)51-40)36(48)44(21-10-2)39(7,8)25-38(4,5)6/h9-10,12,14-15,18-19,26,28,30-34,45H,1-2,11,13,16-17,20-25H2,3-8H3,(H,42,46)/t26-,28?,30-,31+,32-,33-,34-,40+/m1/s1. The first-order valence-corrected chi connectivity index (χ1v) is 19.3. The number of hydrogen-bond acceptors (Lipinski definition) is 7. The van der Waals surface area contributed by atoms with Crippen molar-refractivity contribution in [3.8, 4) is 0 Å². The molecule has 51 heavy (non-hydrogen) atoms. The van der Waals surface area contributed by atoms with Gasteiger partial charge in [-0.1, -0.05) is 79.2 Å². The number of rotatable bonds is 18. The average Bonchev–Trinajstić information content (AvgIpc) is 3.65. The van der Waals surface area contributed by atoms with Gasteiger partial charge in [-0.25, -0.2) is 0 Å². The van der Waals surface area contributed by atoms with Gasteiger partial charge in [0.2, 0.25) is 17.7 Å². The molecule has 8 atom stereocenters. The molecule has 2 N–H and O–H groups in total. The van der Waals surface area contributed by atoms with Gasteiger partial charge in [-0.15, -0.1) is 13.2 Å². The molecule has 3 fully saturated rings. The minimum absolute atomic E-state index is 0.0384. The van der Waals surface area contributed by atoms with Gasteiger partial charge in [0, 0.05) is 36.5 Å². The largest absolute Gasteiger partial charge is 0.455 e. The fourth-order valence-corrected chi connectivity index (χ4v) is 9.68. The number of nitrogens with zero attached hydrogens (tertiary/aromatic N) is 2. The lowest BCUT2D eigenvalue weighted by molar-refractivity contribution is -0.162. The number of aliphatic hydroxyl groups excluding tert-OH is 1. The number of fused-ring (bicyclic) bond motifs is 1. The van der Waals surface area contributed by atoms with E-state index in [0.717, 1.165) is 0 Å². The number of carbonyl (C=O) groups is 4. The van der Waals surface area contributed by atoms with E-state index in [2.05, 4.69) is 55.2 Å². The Morgan fingerprint density at radius 1 is 1.14 bits per heavy atom. The predicted octanol–water partition coefficient (Wildman–Crippen LogP) is 5.88. The van der Waals surface area contributed by atoms with E-state index < -0.39 is 53.2 Å². The third-order valence-corrected chi connectivity index (χ3v) is 11.3. The van der Waals surface area contributed by atoms with E-state index in [9.17, 15) is 19.5 Å². The highest BCUT2D eigenvalue weighted by Gasteiger charge is 2.77. The van der Waals surface area contributed by atoms with Crippen LogP contribution < -0.4 is 5.32 Å². The van der Waals surface area contributed by atoms with E-state index in [1.165, 1.54) is 0 Å². The van der Waals surface area contributed by atoms with Crippen LogP contribution in [0.2, 0.25) is 0 Å². The number of hydrogen-bond donors (Lipinski definition) is 2. The summed E-state index contributed by atoms with van der Waals surface area (Å²) in [5.74, 6) is -3.22. The Hall–Kier alpha value is -3.02. The minimum Gasteiger partial charge on any atom is -0.455 e. The van der Waals surface area contributed by atoms with Gasteiger partial charge in [-0.2, -0.15) is 0 Å². The van der Waals surface area contributed by atoms with Crippen LogP contribution >= 0.6 is 15.9 Å². The summed E-state index contributed by atoms with van der Waals surface area (Å²) in [4.78, 5) is 60.1. The summed E-state index contributed by atoms with van der Waals surface area (Å²) in [6, 6.07) is 7.69. The molecule has 0 aromatic heterocycles. The molecular weight excluding hydrogens is 714 g/mol. The number of allylic oxidation sites excluding steroid dienone is 1. The molecule has 4 rings (SSSR count). The maximum absolute atomic E-state index is 15.0. The Morgan fingerprint density at radius 3 is 2.43 bits per heavy atom. The third kappa shape index (κ3) is 8.79. The summed E-state index contributed by atoms with van der Waals surface area (Å²) in [5, 5.41) is 12.4. The molecule has 3 aliphatic heterocycles. The van der Waals surface area contributed by atoms with Gasteiger partial charge in [0.1, 0.15) is 17.7 Å². The van der Waals surface area contributed by atoms with Crippen LogP contribution in [0.15, 0.2) is 55.6 Å². The second-order valence-electron chi connectivity index (χ2n) is 16.2. The van der Waals surface area contributed by atoms with Gasteiger partial charge in [-0.3, -0.25) is 19.2 Å². The van der Waals surface area contributed by atoms with E-state index in [1.807, 2.05) is 49.1 Å². The number of nitrogens with one attached hydrogen (secondary N) is 1. The number of aliphatic hydroxyl groups is 1. The van der Waals surface area contributed by atoms with Crippen molar-refractivity contribution in [2.45, 2.75) is 127 Å². The molecule has 3 amide bonds. The van der Waals surface area contributed by atoms with Crippen LogP contribution in [-0.4, -0.2) is 92.4 Å². The van der Waals surface area contributed by atoms with Gasteiger partial charge < -0.3 is 29.7 Å². The van der Waals surface area contributed by atoms with Gasteiger partial charge in [0.25, 0.3) is 0 Å². The first-order chi connectivity index (χ1) is 24.0. The van der Waals surface area contributed by atoms with E-state index >= 15 is 4.79 Å². The van der Waals surface area contributed by atoms with Crippen molar-refractivity contribution in [3.63, 3.8) is 0 Å². The fraction of sp³-hybridized carbons (Fsp3) is 0.650. The van der Waals surface area contributed by atoms with E-state index in [4.69, 9.17) is 9.47 Å². The Morgan fingerprint density at radius 2 is 1.82 bits per heavy atom. The maximum Gasteiger partial charge on any atom is 0.313 e. The van der Waals surface area contributed by atoms with Crippen molar-refractivity contribution >= 4 is 39.6 Å². The number of esters is 1. The highest BCUT2D eigenvalue weighted by atomic mass is 79.9. The number of unbranched alkanes of at least 4 members (excludes halogenated alkanes) is 2. The van der Waals surface area contributed by atoms with Crippen molar-refractivity contribution < 1.29 is 33.8 Å². The number of carbonyl (C=O) groups excluding carboxylic acids is 4. The average molecular weight is 773 g/mol. The number of alkyl halides is 1. The zero-order valence-corrected chi connectivity index (χ0v) is 32.8. The molecule has 10 nitrogen and oxygen atoms in total. The van der Waals surface area contributed by atoms with Gasteiger partial charge in [0.15, 0.2) is 0 Å². The highest BCUT2D eigenvalue weighted by Crippen LogP contribution is 2.61. The van der Waals surface area contributed by atoms with Crippen LogP contribution in [0.1, 0.15) is 98.2 Å². The van der Waals surface area contributed by atoms with Gasteiger partial charge >= 0.3 is 5.97 Å². The lowest BCUT2D eigenvalue weighted by Gasteiger charge is -2.45. The minimum atomic E-state index is -1.25. The monoisotopic (exact) mass is 771 g/mol. The Labute approximate surface area is 312 Å². The normalized spacial score (nSPS) is 26.7. The molecule has 1 aromatic carbocycles. The zero-order chi connectivity index (χ0) is 37.7. The Balaban J connectivity index is 1.72. The number of halogens is 1. The predicted molar refractivity (Wildman–Crippen MR) is 201 cm³/mol. The van der Waals surface area contributed by atoms with E-state index in [-0.39, 0.29) is 54.1 Å². The molecule has 11 heteroatoms. The quantitative estimate of drug-likeness (QED) is 0.0827. The second kappa shape index (κ2) is 16.8. The topological polar surface area (TPSA) is 125 Å². The van der Waals surface area contributed by atoms with Crippen molar-refractivity contribution in [2.75, 3.05) is 19.7 Å². The molecule has 1 spiro atoms. The van der Waals surface area contributed by atoms with Gasteiger partial charge in [-0.05, 0) is 70.3 Å². The van der Waals surface area contributed by atoms with Crippen LogP contribution in [0.3, 0.4) is 0 Å². The molecule has 3 saturated heterocycles. The number of benzene rings is 1. The summed E-state index contributed by atoms with van der Waals surface area (Å²) in [7, 11) is 0. The van der Waals surface area contributed by atoms with Gasteiger partial charge in [0.05, 0.1) is 24.0 Å². The molecule has 282 valence electrons. The second-order valence-corrected chi connectivity index (χ2v) is 17.4. The zero-order valence-electron chi connectivity index (χ0n) is 31.2. The molecule has 0 radical (unpaired) electrons. The maximum atomic E-state index is 15.0. The van der Waals surface area contributed by atoms with E-state index in [1.54, 1.807) is 24.0 Å². The van der Waals surface area contributed by atoms with Crippen molar-refractivity contribution in [2.24, 2.45) is 17.3 Å².